The molecule has 0 aliphatic heterocycles. The highest BCUT2D eigenvalue weighted by Gasteiger charge is 2.49. The molecule has 25 heavy (non-hydrogen) atoms. The Morgan fingerprint density at radius 2 is 1.96 bits per heavy atom. The molecule has 1 heterocycles. The largest absolute Gasteiger partial charge is 0.390 e. The van der Waals surface area contributed by atoms with E-state index in [2.05, 4.69) is 17.4 Å². The Labute approximate surface area is 150 Å². The highest BCUT2D eigenvalue weighted by atomic mass is 32.1. The molecule has 4 nitrogen and oxygen atoms in total. The second kappa shape index (κ2) is 5.18. The SMILES string of the molecule is Nc1sc2c(c1C(=O)NC1CC1)CCC1(CCc3ccccc31)C2=O. The summed E-state index contributed by atoms with van der Waals surface area (Å²) >= 11 is 1.30. The Balaban J connectivity index is 1.57. The zero-order chi connectivity index (χ0) is 17.2. The molecule has 0 saturated heterocycles. The molecule has 0 radical (unpaired) electrons. The van der Waals surface area contributed by atoms with Crippen molar-refractivity contribution in [1.29, 1.82) is 0 Å². The van der Waals surface area contributed by atoms with Crippen molar-refractivity contribution in [1.82, 2.24) is 5.32 Å². The first kappa shape index (κ1) is 15.1. The lowest BCUT2D eigenvalue weighted by atomic mass is 9.69. The third-order valence-electron chi connectivity index (χ3n) is 5.97. The van der Waals surface area contributed by atoms with E-state index in [0.29, 0.717) is 15.4 Å². The standard InChI is InChI=1S/C20H20N2O2S/c21-18-15(19(24)22-12-5-6-12)13-8-10-20(17(23)16(13)25-18)9-7-11-3-1-2-4-14(11)20/h1-4,12H,5-10,21H2,(H,22,24). The van der Waals surface area contributed by atoms with Crippen molar-refractivity contribution in [3.8, 4) is 0 Å². The van der Waals surface area contributed by atoms with E-state index in [-0.39, 0.29) is 17.7 Å². The van der Waals surface area contributed by atoms with E-state index in [4.69, 9.17) is 5.73 Å². The van der Waals surface area contributed by atoms with Crippen molar-refractivity contribution in [2.45, 2.75) is 50.0 Å². The number of nitrogens with one attached hydrogen (secondary N) is 1. The predicted molar refractivity (Wildman–Crippen MR) is 98.3 cm³/mol. The monoisotopic (exact) mass is 352 g/mol. The van der Waals surface area contributed by atoms with Crippen LogP contribution in [-0.2, 0) is 18.3 Å². The molecule has 1 aromatic heterocycles. The second-order valence-corrected chi connectivity index (χ2v) is 8.52. The Kier molecular flexibility index (Phi) is 3.14. The van der Waals surface area contributed by atoms with Gasteiger partial charge >= 0.3 is 0 Å². The average molecular weight is 352 g/mol. The van der Waals surface area contributed by atoms with E-state index < -0.39 is 5.41 Å². The van der Waals surface area contributed by atoms with Crippen LogP contribution in [-0.4, -0.2) is 17.7 Å². The lowest BCUT2D eigenvalue weighted by Gasteiger charge is -2.33. The summed E-state index contributed by atoms with van der Waals surface area (Å²) < 4.78 is 0. The molecule has 2 aromatic rings. The summed E-state index contributed by atoms with van der Waals surface area (Å²) in [5.41, 5.74) is 9.66. The maximum atomic E-state index is 13.4. The van der Waals surface area contributed by atoms with Gasteiger partial charge in [0.05, 0.1) is 20.9 Å². The van der Waals surface area contributed by atoms with Crippen LogP contribution in [0.4, 0.5) is 5.00 Å². The number of nitrogens with two attached hydrogens (primary N) is 1. The van der Waals surface area contributed by atoms with Gasteiger partial charge in [-0.2, -0.15) is 0 Å². The van der Waals surface area contributed by atoms with Crippen molar-refractivity contribution in [2.24, 2.45) is 0 Å². The quantitative estimate of drug-likeness (QED) is 0.871. The van der Waals surface area contributed by atoms with Crippen LogP contribution >= 0.6 is 11.3 Å². The minimum Gasteiger partial charge on any atom is -0.390 e. The first-order chi connectivity index (χ1) is 12.1. The van der Waals surface area contributed by atoms with Crippen LogP contribution < -0.4 is 11.1 Å². The Morgan fingerprint density at radius 3 is 2.76 bits per heavy atom. The normalized spacial score (nSPS) is 24.2. The van der Waals surface area contributed by atoms with Crippen molar-refractivity contribution < 1.29 is 9.59 Å². The van der Waals surface area contributed by atoms with E-state index in [1.807, 2.05) is 12.1 Å². The molecule has 5 rings (SSSR count). The van der Waals surface area contributed by atoms with Gasteiger partial charge in [0.15, 0.2) is 5.78 Å². The van der Waals surface area contributed by atoms with E-state index in [0.717, 1.165) is 44.1 Å². The summed E-state index contributed by atoms with van der Waals surface area (Å²) in [6.45, 7) is 0. The van der Waals surface area contributed by atoms with Gasteiger partial charge in [0.2, 0.25) is 0 Å². The summed E-state index contributed by atoms with van der Waals surface area (Å²) in [7, 11) is 0. The fourth-order valence-corrected chi connectivity index (χ4v) is 5.65. The molecule has 1 saturated carbocycles. The number of amides is 1. The molecule has 1 fully saturated rings. The summed E-state index contributed by atoms with van der Waals surface area (Å²) in [6.07, 6.45) is 5.42. The number of ketones is 1. The number of carbonyl (C=O) groups is 2. The summed E-state index contributed by atoms with van der Waals surface area (Å²) in [5.74, 6) is 0.0638. The molecule has 1 unspecified atom stereocenters. The van der Waals surface area contributed by atoms with Gasteiger partial charge in [-0.3, -0.25) is 9.59 Å². The number of benzene rings is 1. The van der Waals surface area contributed by atoms with Gasteiger partial charge in [0.1, 0.15) is 0 Å². The topological polar surface area (TPSA) is 72.2 Å². The van der Waals surface area contributed by atoms with Gasteiger partial charge in [0.25, 0.3) is 5.91 Å². The van der Waals surface area contributed by atoms with Crippen LogP contribution in [0.15, 0.2) is 24.3 Å². The van der Waals surface area contributed by atoms with Gasteiger partial charge in [-0.25, -0.2) is 0 Å². The molecule has 1 amide bonds. The van der Waals surface area contributed by atoms with Crippen LogP contribution in [0.2, 0.25) is 0 Å². The molecule has 1 atom stereocenters. The lowest BCUT2D eigenvalue weighted by molar-refractivity contribution is 0.0865. The number of fused-ring (bicyclic) bond motifs is 3. The Hall–Kier alpha value is -2.14. The molecule has 3 aliphatic rings. The predicted octanol–water partition coefficient (Wildman–Crippen LogP) is 3.24. The molecule has 1 aromatic carbocycles. The fourth-order valence-electron chi connectivity index (χ4n) is 4.49. The number of Topliss-reactive ketones (excluding diaryl/α,β-unsaturated/α-hetero) is 1. The Morgan fingerprint density at radius 1 is 1.20 bits per heavy atom. The first-order valence-corrected chi connectivity index (χ1v) is 9.77. The first-order valence-electron chi connectivity index (χ1n) is 8.95. The number of thiophene rings is 1. The van der Waals surface area contributed by atoms with E-state index >= 15 is 0 Å². The van der Waals surface area contributed by atoms with Crippen molar-refractivity contribution in [2.75, 3.05) is 5.73 Å². The molecule has 0 bridgehead atoms. The molecule has 1 spiro atoms. The fraction of sp³-hybridized carbons (Fsp3) is 0.400. The van der Waals surface area contributed by atoms with Crippen LogP contribution in [0.25, 0.3) is 0 Å². The highest BCUT2D eigenvalue weighted by molar-refractivity contribution is 7.18. The number of hydrogen-bond acceptors (Lipinski definition) is 4. The van der Waals surface area contributed by atoms with Gasteiger partial charge in [-0.15, -0.1) is 11.3 Å². The number of aryl methyl sites for hydroxylation is 1. The number of rotatable bonds is 2. The molecule has 3 N–H and O–H groups in total. The maximum absolute atomic E-state index is 13.4. The number of anilines is 1. The minimum atomic E-state index is -0.412. The van der Waals surface area contributed by atoms with Gasteiger partial charge in [-0.05, 0) is 55.2 Å². The van der Waals surface area contributed by atoms with E-state index in [1.54, 1.807) is 0 Å². The maximum Gasteiger partial charge on any atom is 0.254 e. The van der Waals surface area contributed by atoms with Crippen LogP contribution in [0.1, 0.15) is 62.4 Å². The summed E-state index contributed by atoms with van der Waals surface area (Å²) in [5, 5.41) is 3.50. The number of hydrogen-bond donors (Lipinski definition) is 2. The molecule has 5 heteroatoms. The van der Waals surface area contributed by atoms with Crippen LogP contribution in [0, 0.1) is 0 Å². The molecular formula is C20H20N2O2S. The number of nitrogen functional groups attached to an aromatic ring is 1. The van der Waals surface area contributed by atoms with E-state index in [9.17, 15) is 9.59 Å². The zero-order valence-electron chi connectivity index (χ0n) is 13.9. The molecule has 3 aliphatic carbocycles. The molecular weight excluding hydrogens is 332 g/mol. The van der Waals surface area contributed by atoms with Crippen molar-refractivity contribution >= 4 is 28.0 Å². The zero-order valence-corrected chi connectivity index (χ0v) is 14.7. The van der Waals surface area contributed by atoms with Crippen LogP contribution in [0.3, 0.4) is 0 Å². The second-order valence-electron chi connectivity index (χ2n) is 7.47. The third kappa shape index (κ3) is 2.11. The average Bonchev–Trinajstić information content (AvgIpc) is 3.24. The summed E-state index contributed by atoms with van der Waals surface area (Å²) in [6, 6.07) is 8.58. The molecule has 128 valence electrons. The number of carbonyl (C=O) groups excluding carboxylic acids is 2. The third-order valence-corrected chi connectivity index (χ3v) is 7.03. The van der Waals surface area contributed by atoms with Gasteiger partial charge in [0, 0.05) is 6.04 Å². The minimum absolute atomic E-state index is 0.104. The van der Waals surface area contributed by atoms with Crippen LogP contribution in [0.5, 0.6) is 0 Å². The van der Waals surface area contributed by atoms with E-state index in [1.165, 1.54) is 22.5 Å². The van der Waals surface area contributed by atoms with Crippen molar-refractivity contribution in [3.05, 3.63) is 51.4 Å². The summed E-state index contributed by atoms with van der Waals surface area (Å²) in [4.78, 5) is 26.7. The lowest BCUT2D eigenvalue weighted by Crippen LogP contribution is -2.38. The van der Waals surface area contributed by atoms with Gasteiger partial charge < -0.3 is 11.1 Å². The van der Waals surface area contributed by atoms with Gasteiger partial charge in [-0.1, -0.05) is 24.3 Å². The highest BCUT2D eigenvalue weighted by Crippen LogP contribution is 2.50. The van der Waals surface area contributed by atoms with Crippen molar-refractivity contribution in [3.63, 3.8) is 0 Å². The Bertz CT molecular complexity index is 912. The smallest absolute Gasteiger partial charge is 0.254 e.